The maximum atomic E-state index is 11.5. The lowest BCUT2D eigenvalue weighted by atomic mass is 10.1. The maximum Gasteiger partial charge on any atom is 0.248 e. The fourth-order valence-corrected chi connectivity index (χ4v) is 1.49. The van der Waals surface area contributed by atoms with Crippen molar-refractivity contribution in [2.24, 2.45) is 11.7 Å². The molecule has 0 aromatic rings. The third-order valence-electron chi connectivity index (χ3n) is 2.53. The molecule has 16 heavy (non-hydrogen) atoms. The van der Waals surface area contributed by atoms with Gasteiger partial charge in [-0.1, -0.05) is 20.3 Å². The Kier molecular flexibility index (Phi) is 9.24. The molecule has 0 radical (unpaired) electrons. The second-order valence-corrected chi connectivity index (χ2v) is 4.37. The monoisotopic (exact) mass is 230 g/mol. The minimum absolute atomic E-state index is 0.0390. The van der Waals surface area contributed by atoms with Crippen molar-refractivity contribution in [1.82, 2.24) is 4.90 Å². The van der Waals surface area contributed by atoms with Gasteiger partial charge in [-0.3, -0.25) is 4.79 Å². The molecule has 0 fully saturated rings. The topological polar surface area (TPSA) is 55.6 Å². The first-order chi connectivity index (χ1) is 7.61. The van der Waals surface area contributed by atoms with E-state index in [4.69, 9.17) is 10.5 Å². The highest BCUT2D eigenvalue weighted by Crippen LogP contribution is 2.04. The summed E-state index contributed by atoms with van der Waals surface area (Å²) in [5.41, 5.74) is 5.38. The second kappa shape index (κ2) is 9.60. The highest BCUT2D eigenvalue weighted by atomic mass is 16.5. The van der Waals surface area contributed by atoms with Crippen molar-refractivity contribution in [3.8, 4) is 0 Å². The molecule has 0 bridgehead atoms. The summed E-state index contributed by atoms with van der Waals surface area (Å²) in [6.07, 6.45) is 3.15. The molecule has 1 unspecified atom stereocenters. The van der Waals surface area contributed by atoms with Gasteiger partial charge in [0.05, 0.1) is 0 Å². The van der Waals surface area contributed by atoms with Gasteiger partial charge in [0.1, 0.15) is 6.61 Å². The molecule has 0 aromatic heterocycles. The van der Waals surface area contributed by atoms with E-state index < -0.39 is 0 Å². The quantitative estimate of drug-likeness (QED) is 0.648. The molecule has 0 aromatic carbocycles. The fraction of sp³-hybridized carbons (Fsp3) is 0.917. The molecule has 0 aliphatic heterocycles. The highest BCUT2D eigenvalue weighted by Gasteiger charge is 2.09. The standard InChI is InChI=1S/C12H26N2O2/c1-4-6-11(2)9-16-10-12(15)14(3)8-5-7-13/h11H,4-10,13H2,1-3H3. The third kappa shape index (κ3) is 7.65. The van der Waals surface area contributed by atoms with Crippen molar-refractivity contribution in [2.75, 3.05) is 33.4 Å². The lowest BCUT2D eigenvalue weighted by Gasteiger charge is -2.17. The number of rotatable bonds is 9. The Morgan fingerprint density at radius 3 is 2.75 bits per heavy atom. The summed E-state index contributed by atoms with van der Waals surface area (Å²) in [5, 5.41) is 0. The SMILES string of the molecule is CCCC(C)COCC(=O)N(C)CCCN. The van der Waals surface area contributed by atoms with Gasteiger partial charge in [-0.25, -0.2) is 0 Å². The zero-order chi connectivity index (χ0) is 12.4. The minimum atomic E-state index is 0.0390. The summed E-state index contributed by atoms with van der Waals surface area (Å²) in [5.74, 6) is 0.573. The van der Waals surface area contributed by atoms with Crippen LogP contribution in [0.15, 0.2) is 0 Å². The van der Waals surface area contributed by atoms with Gasteiger partial charge in [0.2, 0.25) is 5.91 Å². The highest BCUT2D eigenvalue weighted by molar-refractivity contribution is 5.77. The number of likely N-dealkylation sites (N-methyl/N-ethyl adjacent to an activating group) is 1. The van der Waals surface area contributed by atoms with Crippen LogP contribution in [0.1, 0.15) is 33.1 Å². The summed E-state index contributed by atoms with van der Waals surface area (Å²) >= 11 is 0. The van der Waals surface area contributed by atoms with Gasteiger partial charge in [-0.05, 0) is 25.3 Å². The Hall–Kier alpha value is -0.610. The largest absolute Gasteiger partial charge is 0.371 e. The van der Waals surface area contributed by atoms with E-state index in [1.54, 1.807) is 11.9 Å². The number of ether oxygens (including phenoxy) is 1. The van der Waals surface area contributed by atoms with E-state index in [0.717, 1.165) is 19.3 Å². The number of nitrogens with two attached hydrogens (primary N) is 1. The van der Waals surface area contributed by atoms with E-state index in [0.29, 0.717) is 25.6 Å². The smallest absolute Gasteiger partial charge is 0.248 e. The van der Waals surface area contributed by atoms with E-state index in [-0.39, 0.29) is 12.5 Å². The van der Waals surface area contributed by atoms with Crippen LogP contribution in [-0.4, -0.2) is 44.2 Å². The lowest BCUT2D eigenvalue weighted by Crippen LogP contribution is -2.32. The van der Waals surface area contributed by atoms with Gasteiger partial charge in [0.15, 0.2) is 0 Å². The predicted octanol–water partition coefficient (Wildman–Crippen LogP) is 1.25. The number of carbonyl (C=O) groups excluding carboxylic acids is 1. The normalized spacial score (nSPS) is 12.5. The van der Waals surface area contributed by atoms with Crippen LogP contribution in [0, 0.1) is 5.92 Å². The van der Waals surface area contributed by atoms with Crippen LogP contribution in [0.3, 0.4) is 0 Å². The van der Waals surface area contributed by atoms with Crippen molar-refractivity contribution in [2.45, 2.75) is 33.1 Å². The first-order valence-corrected chi connectivity index (χ1v) is 6.13. The molecule has 0 aliphatic carbocycles. The van der Waals surface area contributed by atoms with Gasteiger partial charge in [0.25, 0.3) is 0 Å². The molecule has 0 saturated heterocycles. The van der Waals surface area contributed by atoms with Crippen LogP contribution in [-0.2, 0) is 9.53 Å². The van der Waals surface area contributed by atoms with E-state index in [9.17, 15) is 4.79 Å². The molecule has 1 amide bonds. The Morgan fingerprint density at radius 2 is 2.19 bits per heavy atom. The Morgan fingerprint density at radius 1 is 1.50 bits per heavy atom. The molecule has 0 heterocycles. The van der Waals surface area contributed by atoms with Gasteiger partial charge in [-0.15, -0.1) is 0 Å². The number of amides is 1. The predicted molar refractivity (Wildman–Crippen MR) is 66.2 cm³/mol. The summed E-state index contributed by atoms with van der Waals surface area (Å²) in [4.78, 5) is 13.2. The molecule has 0 saturated carbocycles. The molecular weight excluding hydrogens is 204 g/mol. The van der Waals surface area contributed by atoms with Gasteiger partial charge in [0, 0.05) is 20.2 Å². The zero-order valence-electron chi connectivity index (χ0n) is 10.9. The van der Waals surface area contributed by atoms with Gasteiger partial charge < -0.3 is 15.4 Å². The molecule has 0 spiro atoms. The first-order valence-electron chi connectivity index (χ1n) is 6.13. The van der Waals surface area contributed by atoms with E-state index in [2.05, 4.69) is 13.8 Å². The van der Waals surface area contributed by atoms with Crippen molar-refractivity contribution < 1.29 is 9.53 Å². The Labute approximate surface area is 99.1 Å². The molecule has 0 rings (SSSR count). The summed E-state index contributed by atoms with van der Waals surface area (Å²) in [6.45, 7) is 6.49. The van der Waals surface area contributed by atoms with Crippen molar-refractivity contribution in [1.29, 1.82) is 0 Å². The van der Waals surface area contributed by atoms with Crippen molar-refractivity contribution in [3.63, 3.8) is 0 Å². The summed E-state index contributed by atoms with van der Waals surface area (Å²) < 4.78 is 5.39. The van der Waals surface area contributed by atoms with E-state index in [1.165, 1.54) is 0 Å². The molecule has 96 valence electrons. The number of nitrogens with zero attached hydrogens (tertiary/aromatic N) is 1. The van der Waals surface area contributed by atoms with Gasteiger partial charge >= 0.3 is 0 Å². The fourth-order valence-electron chi connectivity index (χ4n) is 1.49. The zero-order valence-corrected chi connectivity index (χ0v) is 10.9. The van der Waals surface area contributed by atoms with Crippen molar-refractivity contribution >= 4 is 5.91 Å². The average Bonchev–Trinajstić information content (AvgIpc) is 2.26. The van der Waals surface area contributed by atoms with Crippen LogP contribution in [0.2, 0.25) is 0 Å². The molecule has 4 heteroatoms. The molecule has 1 atom stereocenters. The molecular formula is C12H26N2O2. The molecule has 0 aliphatic rings. The van der Waals surface area contributed by atoms with Crippen LogP contribution >= 0.6 is 0 Å². The summed E-state index contributed by atoms with van der Waals surface area (Å²) in [7, 11) is 1.79. The molecule has 4 nitrogen and oxygen atoms in total. The number of hydrogen-bond donors (Lipinski definition) is 1. The Bertz CT molecular complexity index is 186. The average molecular weight is 230 g/mol. The molecule has 2 N–H and O–H groups in total. The number of hydrogen-bond acceptors (Lipinski definition) is 3. The van der Waals surface area contributed by atoms with Crippen LogP contribution < -0.4 is 5.73 Å². The number of carbonyl (C=O) groups is 1. The lowest BCUT2D eigenvalue weighted by molar-refractivity contribution is -0.135. The van der Waals surface area contributed by atoms with Crippen LogP contribution in [0.4, 0.5) is 0 Å². The van der Waals surface area contributed by atoms with E-state index >= 15 is 0 Å². The van der Waals surface area contributed by atoms with Crippen LogP contribution in [0.5, 0.6) is 0 Å². The third-order valence-corrected chi connectivity index (χ3v) is 2.53. The van der Waals surface area contributed by atoms with Crippen molar-refractivity contribution in [3.05, 3.63) is 0 Å². The minimum Gasteiger partial charge on any atom is -0.371 e. The first kappa shape index (κ1) is 15.4. The second-order valence-electron chi connectivity index (χ2n) is 4.37. The Balaban J connectivity index is 3.56. The van der Waals surface area contributed by atoms with Crippen LogP contribution in [0.25, 0.3) is 0 Å². The summed E-state index contributed by atoms with van der Waals surface area (Å²) in [6, 6.07) is 0. The van der Waals surface area contributed by atoms with E-state index in [1.807, 2.05) is 0 Å². The van der Waals surface area contributed by atoms with Gasteiger partial charge in [-0.2, -0.15) is 0 Å². The maximum absolute atomic E-state index is 11.5.